The van der Waals surface area contributed by atoms with E-state index < -0.39 is 0 Å². The molecule has 0 saturated carbocycles. The highest BCUT2D eigenvalue weighted by atomic mass is 32.2. The first-order valence-corrected chi connectivity index (χ1v) is 10.1. The molecule has 2 aliphatic heterocycles. The molecule has 3 rings (SSSR count). The van der Waals surface area contributed by atoms with Crippen LogP contribution in [0.5, 0.6) is 0 Å². The van der Waals surface area contributed by atoms with Gasteiger partial charge >= 0.3 is 5.97 Å². The van der Waals surface area contributed by atoms with Gasteiger partial charge in [-0.25, -0.2) is 0 Å². The largest absolute Gasteiger partial charge is 0.483 e. The predicted octanol–water partition coefficient (Wildman–Crippen LogP) is 1.36. The molecule has 0 bridgehead atoms. The second-order valence-electron chi connectivity index (χ2n) is 7.23. The number of esters is 1. The second-order valence-corrected chi connectivity index (χ2v) is 8.28. The van der Waals surface area contributed by atoms with Crippen LogP contribution in [0.4, 0.5) is 0 Å². The highest BCUT2D eigenvalue weighted by Crippen LogP contribution is 2.43. The lowest BCUT2D eigenvalue weighted by molar-refractivity contribution is -0.152. The molecule has 1 atom stereocenters. The fourth-order valence-corrected chi connectivity index (χ4v) is 4.40. The summed E-state index contributed by atoms with van der Waals surface area (Å²) in [6, 6.07) is 3.81. The molecule has 0 aromatic carbocycles. The van der Waals surface area contributed by atoms with Gasteiger partial charge in [-0.1, -0.05) is 0 Å². The van der Waals surface area contributed by atoms with Crippen molar-refractivity contribution in [1.29, 1.82) is 0 Å². The topological polar surface area (TPSA) is 100 Å². The summed E-state index contributed by atoms with van der Waals surface area (Å²) in [6.45, 7) is 1.79. The number of rotatable bonds is 5. The summed E-state index contributed by atoms with van der Waals surface area (Å²) in [7, 11) is 3.97. The molecule has 1 unspecified atom stereocenters. The van der Waals surface area contributed by atoms with E-state index >= 15 is 0 Å². The number of cyclic esters (lactones) is 1. The Kier molecular flexibility index (Phi) is 8.25. The normalized spacial score (nSPS) is 20.5. The number of carbonyl (C=O) groups excluding carboxylic acids is 2. The molecule has 1 N–H and O–H groups in total. The average molecular weight is 410 g/mol. The number of likely N-dealkylation sites (N-methyl/N-ethyl adjacent to an activating group) is 1. The molecule has 1 aromatic heterocycles. The Labute approximate surface area is 169 Å². The lowest BCUT2D eigenvalue weighted by atomic mass is 9.76. The monoisotopic (exact) mass is 409 g/mol. The zero-order chi connectivity index (χ0) is 20.6. The minimum absolute atomic E-state index is 0.0213. The molecule has 2 aliphatic rings. The molecule has 9 heteroatoms. The van der Waals surface area contributed by atoms with E-state index in [4.69, 9.17) is 14.6 Å². The maximum Gasteiger partial charge on any atom is 0.312 e. The van der Waals surface area contributed by atoms with Crippen molar-refractivity contribution in [3.8, 4) is 0 Å². The van der Waals surface area contributed by atoms with Crippen molar-refractivity contribution in [3.05, 3.63) is 24.5 Å². The van der Waals surface area contributed by atoms with Crippen molar-refractivity contribution in [3.63, 3.8) is 0 Å². The Hall–Kier alpha value is -2.13. The number of carbonyl (C=O) groups is 3. The van der Waals surface area contributed by atoms with Crippen LogP contribution in [0.15, 0.2) is 29.4 Å². The van der Waals surface area contributed by atoms with Crippen LogP contribution >= 0.6 is 11.8 Å². The molecule has 1 aromatic rings. The number of amides is 1. The van der Waals surface area contributed by atoms with Gasteiger partial charge in [-0.3, -0.25) is 19.4 Å². The standard InChI is InChI=1S/C18H25N3O3S.CH2O2/c1-20(2)12-14-11-18(17(23)24-14)5-9-21(10-6-18)16(22)13-25-15-3-7-19-8-4-15;2-1-3/h3-4,7-8,14H,5-6,9-13H2,1-2H3;1H,(H,2,3). The predicted molar refractivity (Wildman–Crippen MR) is 105 cm³/mol. The Balaban J connectivity index is 0.000000878. The van der Waals surface area contributed by atoms with E-state index in [-0.39, 0.29) is 29.9 Å². The molecular weight excluding hydrogens is 382 g/mol. The molecule has 0 aliphatic carbocycles. The molecule has 1 amide bonds. The molecule has 28 heavy (non-hydrogen) atoms. The second kappa shape index (κ2) is 10.4. The first kappa shape index (κ1) is 22.2. The molecule has 2 saturated heterocycles. The molecular formula is C19H27N3O5S. The van der Waals surface area contributed by atoms with E-state index in [1.54, 1.807) is 12.4 Å². The summed E-state index contributed by atoms with van der Waals surface area (Å²) >= 11 is 1.53. The highest BCUT2D eigenvalue weighted by Gasteiger charge is 2.50. The first-order chi connectivity index (χ1) is 13.4. The third-order valence-corrected chi connectivity index (χ3v) is 5.98. The molecule has 8 nitrogen and oxygen atoms in total. The van der Waals surface area contributed by atoms with Crippen molar-refractivity contribution in [1.82, 2.24) is 14.8 Å². The van der Waals surface area contributed by atoms with Crippen LogP contribution in [0.3, 0.4) is 0 Å². The van der Waals surface area contributed by atoms with E-state index in [2.05, 4.69) is 4.98 Å². The van der Waals surface area contributed by atoms with Gasteiger partial charge in [0.2, 0.25) is 5.91 Å². The Bertz CT molecular complexity index is 663. The molecule has 1 spiro atoms. The smallest absolute Gasteiger partial charge is 0.312 e. The van der Waals surface area contributed by atoms with E-state index in [0.29, 0.717) is 31.7 Å². The summed E-state index contributed by atoms with van der Waals surface area (Å²) in [5, 5.41) is 6.89. The van der Waals surface area contributed by atoms with Gasteiger partial charge in [0.1, 0.15) is 6.10 Å². The average Bonchev–Trinajstić information content (AvgIpc) is 2.95. The van der Waals surface area contributed by atoms with Gasteiger partial charge in [0.15, 0.2) is 0 Å². The molecule has 154 valence electrons. The Morgan fingerprint density at radius 3 is 2.57 bits per heavy atom. The van der Waals surface area contributed by atoms with Crippen LogP contribution in [0.1, 0.15) is 19.3 Å². The Morgan fingerprint density at radius 2 is 2.00 bits per heavy atom. The van der Waals surface area contributed by atoms with Gasteiger partial charge in [-0.05, 0) is 39.1 Å². The Morgan fingerprint density at radius 1 is 1.39 bits per heavy atom. The lowest BCUT2D eigenvalue weighted by Crippen LogP contribution is -2.45. The van der Waals surface area contributed by atoms with Crippen molar-refractivity contribution in [2.45, 2.75) is 30.3 Å². The van der Waals surface area contributed by atoms with Gasteiger partial charge in [-0.15, -0.1) is 11.8 Å². The number of aromatic nitrogens is 1. The van der Waals surface area contributed by atoms with E-state index in [1.165, 1.54) is 11.8 Å². The van der Waals surface area contributed by atoms with E-state index in [9.17, 15) is 9.59 Å². The van der Waals surface area contributed by atoms with E-state index in [1.807, 2.05) is 36.0 Å². The number of piperidine rings is 1. The minimum Gasteiger partial charge on any atom is -0.483 e. The third kappa shape index (κ3) is 5.93. The number of ether oxygens (including phenoxy) is 1. The lowest BCUT2D eigenvalue weighted by Gasteiger charge is -2.36. The maximum atomic E-state index is 12.4. The zero-order valence-electron chi connectivity index (χ0n) is 16.2. The quantitative estimate of drug-likeness (QED) is 0.442. The number of hydrogen-bond acceptors (Lipinski definition) is 7. The van der Waals surface area contributed by atoms with Gasteiger partial charge in [0, 0.05) is 43.3 Å². The van der Waals surface area contributed by atoms with Crippen LogP contribution in [0.2, 0.25) is 0 Å². The van der Waals surface area contributed by atoms with Crippen molar-refractivity contribution >= 4 is 30.1 Å². The number of pyridine rings is 1. The van der Waals surface area contributed by atoms with Crippen molar-refractivity contribution in [2.24, 2.45) is 5.41 Å². The van der Waals surface area contributed by atoms with Gasteiger partial charge in [-0.2, -0.15) is 0 Å². The molecule has 0 radical (unpaired) electrons. The SMILES string of the molecule is CN(C)CC1CC2(CCN(C(=O)CSc3ccncc3)CC2)C(=O)O1.O=CO. The van der Waals surface area contributed by atoms with Crippen molar-refractivity contribution < 1.29 is 24.2 Å². The van der Waals surface area contributed by atoms with Crippen molar-refractivity contribution in [2.75, 3.05) is 39.5 Å². The fraction of sp³-hybridized carbons (Fsp3) is 0.579. The minimum atomic E-state index is -0.379. The first-order valence-electron chi connectivity index (χ1n) is 9.14. The van der Waals surface area contributed by atoms with Crippen LogP contribution in [0, 0.1) is 5.41 Å². The number of thioether (sulfide) groups is 1. The maximum absolute atomic E-state index is 12.4. The number of nitrogens with zero attached hydrogens (tertiary/aromatic N) is 3. The van der Waals surface area contributed by atoms with Gasteiger partial charge in [0.25, 0.3) is 6.47 Å². The fourth-order valence-electron chi connectivity index (χ4n) is 3.61. The molecule has 3 heterocycles. The summed E-state index contributed by atoms with van der Waals surface area (Å²) in [6.07, 6.45) is 5.63. The summed E-state index contributed by atoms with van der Waals surface area (Å²) in [5.41, 5.74) is -0.379. The van der Waals surface area contributed by atoms with Gasteiger partial charge < -0.3 is 19.6 Å². The summed E-state index contributed by atoms with van der Waals surface area (Å²) in [4.78, 5) is 42.1. The highest BCUT2D eigenvalue weighted by molar-refractivity contribution is 8.00. The number of likely N-dealkylation sites (tertiary alicyclic amines) is 1. The number of hydrogen-bond donors (Lipinski definition) is 1. The van der Waals surface area contributed by atoms with Gasteiger partial charge in [0.05, 0.1) is 11.2 Å². The summed E-state index contributed by atoms with van der Waals surface area (Å²) < 4.78 is 5.57. The van der Waals surface area contributed by atoms with Crippen LogP contribution in [0.25, 0.3) is 0 Å². The third-order valence-electron chi connectivity index (χ3n) is 4.98. The van der Waals surface area contributed by atoms with Crippen LogP contribution in [-0.4, -0.2) is 83.8 Å². The van der Waals surface area contributed by atoms with E-state index in [0.717, 1.165) is 17.9 Å². The summed E-state index contributed by atoms with van der Waals surface area (Å²) in [5.74, 6) is 0.482. The zero-order valence-corrected chi connectivity index (χ0v) is 17.1. The van der Waals surface area contributed by atoms with Crippen LogP contribution in [-0.2, 0) is 19.1 Å². The molecule has 2 fully saturated rings. The van der Waals surface area contributed by atoms with Crippen LogP contribution < -0.4 is 0 Å². The number of carboxylic acid groups (broad SMARTS) is 1.